The van der Waals surface area contributed by atoms with E-state index in [1.807, 2.05) is 18.2 Å². The Bertz CT molecular complexity index is 822. The SMILES string of the molecule is O=C(NNC(=O)C(F)(F)F)c1cnc(NC2(c3ccccn3)CCC2)nc1. The van der Waals surface area contributed by atoms with Crippen LogP contribution in [-0.4, -0.2) is 32.9 Å². The first-order chi connectivity index (χ1) is 12.8. The Kier molecular flexibility index (Phi) is 4.93. The van der Waals surface area contributed by atoms with Crippen LogP contribution in [0.2, 0.25) is 0 Å². The van der Waals surface area contributed by atoms with Gasteiger partial charge in [0.1, 0.15) is 0 Å². The lowest BCUT2D eigenvalue weighted by molar-refractivity contribution is -0.174. The molecule has 2 amide bonds. The zero-order valence-electron chi connectivity index (χ0n) is 13.9. The van der Waals surface area contributed by atoms with Gasteiger partial charge in [-0.05, 0) is 31.4 Å². The quantitative estimate of drug-likeness (QED) is 0.697. The number of halogens is 3. The van der Waals surface area contributed by atoms with E-state index in [0.29, 0.717) is 0 Å². The van der Waals surface area contributed by atoms with Crippen molar-refractivity contribution >= 4 is 17.8 Å². The maximum atomic E-state index is 12.1. The van der Waals surface area contributed by atoms with Crippen LogP contribution in [0.15, 0.2) is 36.8 Å². The summed E-state index contributed by atoms with van der Waals surface area (Å²) >= 11 is 0. The number of rotatable bonds is 4. The van der Waals surface area contributed by atoms with Crippen molar-refractivity contribution in [3.8, 4) is 0 Å². The van der Waals surface area contributed by atoms with Gasteiger partial charge in [-0.2, -0.15) is 13.2 Å². The Labute approximate surface area is 151 Å². The molecule has 0 spiro atoms. The number of aromatic nitrogens is 3. The van der Waals surface area contributed by atoms with Gasteiger partial charge in [0.05, 0.1) is 16.8 Å². The molecule has 2 aromatic rings. The predicted molar refractivity (Wildman–Crippen MR) is 87.1 cm³/mol. The molecule has 0 unspecified atom stereocenters. The topological polar surface area (TPSA) is 109 Å². The molecule has 1 aliphatic carbocycles. The van der Waals surface area contributed by atoms with Crippen LogP contribution in [0.4, 0.5) is 19.1 Å². The van der Waals surface area contributed by atoms with Gasteiger partial charge in [0, 0.05) is 18.6 Å². The molecule has 2 heterocycles. The second-order valence-corrected chi connectivity index (χ2v) is 5.98. The van der Waals surface area contributed by atoms with Crippen LogP contribution in [-0.2, 0) is 10.3 Å². The second kappa shape index (κ2) is 7.17. The average molecular weight is 380 g/mol. The van der Waals surface area contributed by atoms with Crippen molar-refractivity contribution in [3.05, 3.63) is 48.0 Å². The Morgan fingerprint density at radius 3 is 2.26 bits per heavy atom. The molecule has 142 valence electrons. The van der Waals surface area contributed by atoms with Gasteiger partial charge in [-0.25, -0.2) is 9.97 Å². The number of nitrogens with zero attached hydrogens (tertiary/aromatic N) is 3. The first-order valence-corrected chi connectivity index (χ1v) is 7.99. The highest BCUT2D eigenvalue weighted by atomic mass is 19.4. The molecule has 0 saturated heterocycles. The number of carbonyl (C=O) groups is 2. The highest BCUT2D eigenvalue weighted by molar-refractivity contribution is 5.95. The van der Waals surface area contributed by atoms with Gasteiger partial charge >= 0.3 is 12.1 Å². The summed E-state index contributed by atoms with van der Waals surface area (Å²) in [5, 5.41) is 3.21. The molecule has 11 heteroatoms. The number of hydrazine groups is 1. The predicted octanol–water partition coefficient (Wildman–Crippen LogP) is 1.69. The molecule has 1 saturated carbocycles. The van der Waals surface area contributed by atoms with Crippen molar-refractivity contribution in [1.29, 1.82) is 0 Å². The van der Waals surface area contributed by atoms with Crippen LogP contribution in [0.3, 0.4) is 0 Å². The molecule has 0 radical (unpaired) electrons. The van der Waals surface area contributed by atoms with Gasteiger partial charge in [-0.15, -0.1) is 0 Å². The average Bonchev–Trinajstić information content (AvgIpc) is 2.63. The Morgan fingerprint density at radius 2 is 1.74 bits per heavy atom. The Hall–Kier alpha value is -3.24. The molecular formula is C16H15F3N6O2. The van der Waals surface area contributed by atoms with Crippen molar-refractivity contribution in [2.24, 2.45) is 0 Å². The number of amides is 2. The van der Waals surface area contributed by atoms with Gasteiger partial charge in [-0.1, -0.05) is 6.07 Å². The van der Waals surface area contributed by atoms with Crippen molar-refractivity contribution in [1.82, 2.24) is 25.8 Å². The van der Waals surface area contributed by atoms with Crippen LogP contribution in [0.25, 0.3) is 0 Å². The zero-order valence-corrected chi connectivity index (χ0v) is 13.9. The number of pyridine rings is 1. The maximum Gasteiger partial charge on any atom is 0.472 e. The van der Waals surface area contributed by atoms with Crippen LogP contribution < -0.4 is 16.2 Å². The molecule has 0 aliphatic heterocycles. The molecular weight excluding hydrogens is 365 g/mol. The van der Waals surface area contributed by atoms with E-state index in [1.54, 1.807) is 11.6 Å². The zero-order chi connectivity index (χ0) is 19.5. The van der Waals surface area contributed by atoms with Crippen molar-refractivity contribution in [2.75, 3.05) is 5.32 Å². The number of anilines is 1. The molecule has 0 atom stereocenters. The summed E-state index contributed by atoms with van der Waals surface area (Å²) in [5.41, 5.74) is 3.29. The highest BCUT2D eigenvalue weighted by Crippen LogP contribution is 2.42. The number of nitrogens with one attached hydrogen (secondary N) is 3. The first-order valence-electron chi connectivity index (χ1n) is 7.99. The summed E-state index contributed by atoms with van der Waals surface area (Å²) < 4.78 is 36.3. The molecule has 0 bridgehead atoms. The summed E-state index contributed by atoms with van der Waals surface area (Å²) in [6.07, 6.45) is 1.60. The minimum Gasteiger partial charge on any atom is -0.343 e. The van der Waals surface area contributed by atoms with E-state index in [1.165, 1.54) is 5.43 Å². The van der Waals surface area contributed by atoms with Gasteiger partial charge in [0.2, 0.25) is 5.95 Å². The number of hydrogen-bond donors (Lipinski definition) is 3. The van der Waals surface area contributed by atoms with Crippen LogP contribution in [0.1, 0.15) is 35.3 Å². The standard InChI is InChI=1S/C16H15F3N6O2/c17-16(18,19)13(27)25-24-12(26)10-8-21-14(22-9-10)23-15(5-3-6-15)11-4-1-2-7-20-11/h1-2,4,7-9H,3,5-6H2,(H,24,26)(H,25,27)(H,21,22,23). The minimum atomic E-state index is -5.10. The summed E-state index contributed by atoms with van der Waals surface area (Å²) in [5.74, 6) is -2.99. The highest BCUT2D eigenvalue weighted by Gasteiger charge is 2.41. The number of hydrogen-bond acceptors (Lipinski definition) is 6. The lowest BCUT2D eigenvalue weighted by Crippen LogP contribution is -2.47. The van der Waals surface area contributed by atoms with E-state index in [0.717, 1.165) is 37.4 Å². The van der Waals surface area contributed by atoms with E-state index in [-0.39, 0.29) is 17.1 Å². The monoisotopic (exact) mass is 380 g/mol. The molecule has 8 nitrogen and oxygen atoms in total. The van der Waals surface area contributed by atoms with Crippen LogP contribution in [0.5, 0.6) is 0 Å². The molecule has 2 aromatic heterocycles. The fourth-order valence-corrected chi connectivity index (χ4v) is 2.60. The molecule has 0 aromatic carbocycles. The Balaban J connectivity index is 1.63. The summed E-state index contributed by atoms with van der Waals surface area (Å²) in [4.78, 5) is 34.9. The summed E-state index contributed by atoms with van der Waals surface area (Å²) in [7, 11) is 0. The van der Waals surface area contributed by atoms with E-state index in [2.05, 4.69) is 20.3 Å². The van der Waals surface area contributed by atoms with Gasteiger partial charge in [0.25, 0.3) is 5.91 Å². The largest absolute Gasteiger partial charge is 0.472 e. The van der Waals surface area contributed by atoms with Crippen LogP contribution in [0, 0.1) is 0 Å². The third kappa shape index (κ3) is 4.13. The summed E-state index contributed by atoms with van der Waals surface area (Å²) in [6, 6.07) is 5.60. The fraction of sp³-hybridized carbons (Fsp3) is 0.312. The number of carbonyl (C=O) groups excluding carboxylic acids is 2. The smallest absolute Gasteiger partial charge is 0.343 e. The lowest BCUT2D eigenvalue weighted by atomic mass is 9.74. The van der Waals surface area contributed by atoms with Crippen molar-refractivity contribution in [2.45, 2.75) is 31.0 Å². The van der Waals surface area contributed by atoms with E-state index >= 15 is 0 Å². The third-order valence-corrected chi connectivity index (χ3v) is 4.17. The normalized spacial score (nSPS) is 15.4. The number of alkyl halides is 3. The maximum absolute atomic E-state index is 12.1. The minimum absolute atomic E-state index is 0.108. The second-order valence-electron chi connectivity index (χ2n) is 5.98. The van der Waals surface area contributed by atoms with Crippen LogP contribution >= 0.6 is 0 Å². The Morgan fingerprint density at radius 1 is 1.04 bits per heavy atom. The van der Waals surface area contributed by atoms with E-state index < -0.39 is 18.0 Å². The molecule has 1 fully saturated rings. The van der Waals surface area contributed by atoms with E-state index in [9.17, 15) is 22.8 Å². The lowest BCUT2D eigenvalue weighted by Gasteiger charge is -2.42. The third-order valence-electron chi connectivity index (χ3n) is 4.17. The van der Waals surface area contributed by atoms with Gasteiger partial charge in [-0.3, -0.25) is 25.4 Å². The molecule has 3 rings (SSSR count). The van der Waals surface area contributed by atoms with Crippen molar-refractivity contribution < 1.29 is 22.8 Å². The van der Waals surface area contributed by atoms with E-state index in [4.69, 9.17) is 0 Å². The molecule has 27 heavy (non-hydrogen) atoms. The van der Waals surface area contributed by atoms with Gasteiger partial charge < -0.3 is 5.32 Å². The van der Waals surface area contributed by atoms with Gasteiger partial charge in [0.15, 0.2) is 0 Å². The molecule has 1 aliphatic rings. The fourth-order valence-electron chi connectivity index (χ4n) is 2.60. The first kappa shape index (κ1) is 18.5. The van der Waals surface area contributed by atoms with Crippen molar-refractivity contribution in [3.63, 3.8) is 0 Å². The summed E-state index contributed by atoms with van der Waals surface area (Å²) in [6.45, 7) is 0. The molecule has 3 N–H and O–H groups in total.